The second-order valence-corrected chi connectivity index (χ2v) is 30.9. The van der Waals surface area contributed by atoms with Crippen LogP contribution in [-0.4, -0.2) is 116 Å². The van der Waals surface area contributed by atoms with E-state index in [1.807, 2.05) is 116 Å². The molecule has 8 heterocycles. The predicted octanol–water partition coefficient (Wildman–Crippen LogP) is 9.44. The Morgan fingerprint density at radius 2 is 0.787 bits per heavy atom. The minimum atomic E-state index is -0.949. The average Bonchev–Trinajstić information content (AvgIpc) is 0.803. The van der Waals surface area contributed by atoms with Gasteiger partial charge < -0.3 is 71.2 Å². The summed E-state index contributed by atoms with van der Waals surface area (Å²) in [5.74, 6) is 1.20. The monoisotopic (exact) mass is 1630 g/mol. The number of nitrogens with one attached hydrogen (secondary N) is 9. The zero-order valence-corrected chi connectivity index (χ0v) is 69.4. The molecule has 0 saturated heterocycles. The van der Waals surface area contributed by atoms with Crippen molar-refractivity contribution < 1.29 is 9.90 Å². The molecule has 4 aromatic heterocycles. The van der Waals surface area contributed by atoms with E-state index < -0.39 is 5.97 Å². The van der Waals surface area contributed by atoms with E-state index in [0.29, 0.717) is 113 Å². The number of para-hydroxylation sites is 1. The Kier molecular flexibility index (Phi) is 24.7. The molecule has 1 aliphatic carbocycles. The molecule has 27 nitrogen and oxygen atoms in total. The number of rotatable bonds is 23. The van der Waals surface area contributed by atoms with Gasteiger partial charge in [-0.3, -0.25) is 19.2 Å². The topological polar surface area (TPSA) is 343 Å². The number of H-pyrrole nitrogens is 4. The zero-order valence-electron chi connectivity index (χ0n) is 69.4. The van der Waals surface area contributed by atoms with Crippen LogP contribution in [0, 0.1) is 48.5 Å². The van der Waals surface area contributed by atoms with Crippen LogP contribution in [0.1, 0.15) is 78.8 Å². The van der Waals surface area contributed by atoms with Crippen molar-refractivity contribution in [2.45, 2.75) is 86.9 Å². The number of fused-ring (bicyclic) bond motifs is 9. The molecule has 18 rings (SSSR count). The first-order valence-electron chi connectivity index (χ1n) is 40.8. The lowest BCUT2D eigenvalue weighted by Gasteiger charge is -2.29. The van der Waals surface area contributed by atoms with Crippen LogP contribution in [0.5, 0.6) is 0 Å². The molecule has 618 valence electrons. The van der Waals surface area contributed by atoms with Gasteiger partial charge >= 0.3 is 5.97 Å². The van der Waals surface area contributed by atoms with Crippen LogP contribution in [0.4, 0.5) is 80.1 Å². The van der Waals surface area contributed by atoms with Crippen LogP contribution in [0.3, 0.4) is 0 Å². The van der Waals surface area contributed by atoms with Crippen molar-refractivity contribution in [1.29, 1.82) is 0 Å². The van der Waals surface area contributed by atoms with Gasteiger partial charge in [0.15, 0.2) is 44.7 Å². The third-order valence-corrected chi connectivity index (χ3v) is 22.0. The Morgan fingerprint density at radius 1 is 0.410 bits per heavy atom. The maximum Gasteiger partial charge on any atom is 0.336 e. The Balaban J connectivity index is 0.000000127. The van der Waals surface area contributed by atoms with Gasteiger partial charge in [0.2, 0.25) is 0 Å². The van der Waals surface area contributed by atoms with Crippen LogP contribution >= 0.6 is 0 Å². The number of carbonyl (C=O) groups is 1. The molecule has 1 saturated carbocycles. The van der Waals surface area contributed by atoms with E-state index >= 15 is 0 Å². The van der Waals surface area contributed by atoms with E-state index in [-0.39, 0.29) is 38.6 Å². The number of aromatic nitrogens is 8. The summed E-state index contributed by atoms with van der Waals surface area (Å²) in [4.78, 5) is 117. The molecule has 4 aliphatic heterocycles. The number of benzene rings is 9. The fourth-order valence-corrected chi connectivity index (χ4v) is 15.1. The van der Waals surface area contributed by atoms with Crippen molar-refractivity contribution >= 4 is 123 Å². The van der Waals surface area contributed by atoms with Crippen molar-refractivity contribution in [2.75, 3.05) is 89.1 Å². The van der Waals surface area contributed by atoms with Crippen LogP contribution < -0.4 is 112 Å². The predicted molar refractivity (Wildman–Crippen MR) is 486 cm³/mol. The van der Waals surface area contributed by atoms with Crippen LogP contribution in [-0.2, 0) is 19.5 Å². The van der Waals surface area contributed by atoms with Gasteiger partial charge in [0.05, 0.1) is 51.1 Å². The zero-order chi connectivity index (χ0) is 85.4. The summed E-state index contributed by atoms with van der Waals surface area (Å²) in [5.41, 5.74) is 20.7. The molecule has 0 atom stereocenters. The number of aryl methyl sites for hydroxylation is 7. The highest BCUT2D eigenvalue weighted by atomic mass is 16.4. The number of aromatic amines is 4. The van der Waals surface area contributed by atoms with E-state index in [0.717, 1.165) is 117 Å². The van der Waals surface area contributed by atoms with Crippen LogP contribution in [0.25, 0.3) is 37.1 Å². The van der Waals surface area contributed by atoms with Crippen molar-refractivity contribution in [1.82, 2.24) is 55.8 Å². The second-order valence-electron chi connectivity index (χ2n) is 30.9. The molecule has 9 aromatic carbocycles. The van der Waals surface area contributed by atoms with Gasteiger partial charge in [-0.2, -0.15) is 0 Å². The molecule has 122 heavy (non-hydrogen) atoms. The summed E-state index contributed by atoms with van der Waals surface area (Å²) < 4.78 is 0. The molecule has 0 unspecified atom stereocenters. The fraction of sp³-hybridized carbons (Fsp3) is 0.232. The van der Waals surface area contributed by atoms with E-state index in [1.165, 1.54) is 45.9 Å². The highest BCUT2D eigenvalue weighted by Crippen LogP contribution is 2.42. The van der Waals surface area contributed by atoms with Crippen molar-refractivity contribution in [3.8, 4) is 0 Å². The lowest BCUT2D eigenvalue weighted by Crippen LogP contribution is -2.44. The summed E-state index contributed by atoms with van der Waals surface area (Å²) in [6, 6.07) is 59.2. The highest BCUT2D eigenvalue weighted by Gasteiger charge is 2.30. The van der Waals surface area contributed by atoms with Crippen molar-refractivity contribution in [3.63, 3.8) is 0 Å². The van der Waals surface area contributed by atoms with Gasteiger partial charge in [-0.25, -0.2) is 44.7 Å². The molecule has 0 spiro atoms. The Bertz CT molecular complexity index is 6970. The molecule has 13 aromatic rings. The van der Waals surface area contributed by atoms with E-state index in [4.69, 9.17) is 0 Å². The molecular formula is C95H97N21O6. The molecular weight excluding hydrogens is 1530 g/mol. The molecule has 0 amide bonds. The largest absolute Gasteiger partial charge is 0.478 e. The highest BCUT2D eigenvalue weighted by molar-refractivity contribution is 5.89. The number of carboxylic acids is 1. The summed E-state index contributed by atoms with van der Waals surface area (Å²) in [6.45, 7) is 36.8. The minimum absolute atomic E-state index is 0.261. The quantitative estimate of drug-likeness (QED) is 0.0266. The molecule has 27 heteroatoms. The first-order chi connectivity index (χ1) is 59.0. The maximum absolute atomic E-state index is 12.6. The van der Waals surface area contributed by atoms with E-state index in [2.05, 4.69) is 223 Å². The number of hydrogen-bond acceptors (Lipinski definition) is 22. The molecule has 1 fully saturated rings. The SMILES string of the molecule is C=c1nc2c(c(=O)[nH]1)=Nc1cc(C)c(C)cc1N2CCNCCc1cccc2ccccc12.C=c1nc2c(c(=O)[nH]1)=Nc1cc(C)c(C)cc1N2CCNCc1ccccc1C(=O)O.C=c1nc2c(c(=O)[nH]1)=Nc1cc(C)c(C)cc1N2CCNc1ccccc1.C=c1nc2c(c(=O)[nH]1)=Nc1cc(C)c(NC3CC3)cc1N2CCNCc1ccccc1. The summed E-state index contributed by atoms with van der Waals surface area (Å²) in [6.07, 6.45) is 3.36. The number of nitrogens with zero attached hydrogens (tertiary/aromatic N) is 12. The smallest absolute Gasteiger partial charge is 0.336 e. The van der Waals surface area contributed by atoms with Gasteiger partial charge in [-0.05, 0) is 207 Å². The van der Waals surface area contributed by atoms with Gasteiger partial charge in [0.25, 0.3) is 22.2 Å². The Labute approximate surface area is 703 Å². The van der Waals surface area contributed by atoms with Gasteiger partial charge in [0, 0.05) is 82.9 Å². The third kappa shape index (κ3) is 18.7. The Morgan fingerprint density at radius 3 is 1.25 bits per heavy atom. The number of hydrogen-bond donors (Lipinski definition) is 10. The first-order valence-corrected chi connectivity index (χ1v) is 40.8. The van der Waals surface area contributed by atoms with Crippen LogP contribution in [0.2, 0.25) is 0 Å². The number of anilines is 10. The van der Waals surface area contributed by atoms with Crippen LogP contribution in [0.15, 0.2) is 215 Å². The molecule has 10 N–H and O–H groups in total. The maximum atomic E-state index is 12.6. The molecule has 0 radical (unpaired) electrons. The van der Waals surface area contributed by atoms with E-state index in [1.54, 1.807) is 18.2 Å². The fourth-order valence-electron chi connectivity index (χ4n) is 15.1. The third-order valence-electron chi connectivity index (χ3n) is 22.0. The number of carboxylic acid groups (broad SMARTS) is 1. The van der Waals surface area contributed by atoms with E-state index in [9.17, 15) is 29.1 Å². The normalized spacial score (nSPS) is 12.8. The summed E-state index contributed by atoms with van der Waals surface area (Å²) in [7, 11) is 0. The van der Waals surface area contributed by atoms with Crippen molar-refractivity contribution in [2.24, 2.45) is 20.0 Å². The summed E-state index contributed by atoms with van der Waals surface area (Å²) in [5, 5.41) is 30.6. The number of aromatic carboxylic acids is 1. The molecule has 5 aliphatic rings. The van der Waals surface area contributed by atoms with Gasteiger partial charge in [-0.1, -0.05) is 136 Å². The molecule has 0 bridgehead atoms. The first kappa shape index (κ1) is 82.7. The lowest BCUT2D eigenvalue weighted by atomic mass is 10.0. The Hall–Kier alpha value is -14.4. The van der Waals surface area contributed by atoms with Crippen molar-refractivity contribution in [3.05, 3.63) is 322 Å². The lowest BCUT2D eigenvalue weighted by molar-refractivity contribution is 0.0695. The minimum Gasteiger partial charge on any atom is -0.478 e. The van der Waals surface area contributed by atoms with Gasteiger partial charge in [-0.15, -0.1) is 0 Å². The second kappa shape index (κ2) is 36.4. The van der Waals surface area contributed by atoms with Gasteiger partial charge in [0.1, 0.15) is 21.9 Å². The summed E-state index contributed by atoms with van der Waals surface area (Å²) >= 11 is 0. The standard InChI is InChI=1S/C27H27N5O.C24H26N6O.C23H23N5O3.C21H21N5O/c1-17-15-23-24(16-18(17)2)32(26-25(31-23)27(33)30-19(3)29-26)14-13-28-12-11-21-9-6-8-20-7-4-5-10-22(20)21;1-15-12-20-21(13-19(15)28-18-8-9-18)30(11-10-25-14-17-6-4-3-5-7-17)23-22(29-20)24(31)27-16(2)26-23;1-13-10-18-19(11-14(13)2)28(21-20(27-18)22(29)26-15(3)25-21)9-8-24-12-16-6-4-5-7-17(16)23(30)31;1-13-11-17-18(12-14(13)2)26(10-9-22-16-7-5-4-6-8-16)20-19(25-17)21(27)24-15(3)23-20/h4-10,15-16,28H,3,11-14H2,1-2H3,(H,30,33);3-7,12-13,18,25,28H,2,8-11,14H2,1H3,(H,27,31);4-7,10-11,24H,3,8-9,12H2,1-2H3,(H,26,29)(H,30,31);4-8,11-12,22H,3,9-10H2,1-2H3,(H,24,27). The average molecular weight is 1630 g/mol.